The summed E-state index contributed by atoms with van der Waals surface area (Å²) in [4.78, 5) is 30.5. The van der Waals surface area contributed by atoms with Gasteiger partial charge in [0.2, 0.25) is 11.8 Å². The van der Waals surface area contributed by atoms with E-state index in [1.807, 2.05) is 0 Å². The van der Waals surface area contributed by atoms with E-state index in [9.17, 15) is 9.59 Å². The molecule has 0 bridgehead atoms. The zero-order chi connectivity index (χ0) is 13.1. The number of hydrogen-bond donors (Lipinski definition) is 1. The molecule has 1 aromatic rings. The van der Waals surface area contributed by atoms with Gasteiger partial charge in [-0.2, -0.15) is 0 Å². The lowest BCUT2D eigenvalue weighted by molar-refractivity contribution is -0.146. The van der Waals surface area contributed by atoms with Gasteiger partial charge in [0.15, 0.2) is 0 Å². The van der Waals surface area contributed by atoms with Crippen LogP contribution in [0.25, 0.3) is 0 Å². The van der Waals surface area contributed by atoms with E-state index in [1.54, 1.807) is 16.6 Å². The molecule has 2 rings (SSSR count). The van der Waals surface area contributed by atoms with Gasteiger partial charge in [-0.25, -0.2) is 0 Å². The minimum Gasteiger partial charge on any atom is -0.345 e. The topological polar surface area (TPSA) is 62.3 Å². The fourth-order valence-electron chi connectivity index (χ4n) is 2.06. The van der Waals surface area contributed by atoms with Gasteiger partial charge in [0.1, 0.15) is 6.04 Å². The van der Waals surface area contributed by atoms with Crippen molar-refractivity contribution in [1.29, 1.82) is 0 Å². The summed E-state index contributed by atoms with van der Waals surface area (Å²) in [6, 6.07) is -0.353. The average molecular weight is 267 g/mol. The van der Waals surface area contributed by atoms with Crippen LogP contribution in [0.2, 0.25) is 0 Å². The van der Waals surface area contributed by atoms with Crippen LogP contribution in [0.1, 0.15) is 25.1 Å². The predicted octanol–water partition coefficient (Wildman–Crippen LogP) is 1.02. The first-order valence-corrected chi connectivity index (χ1v) is 6.90. The van der Waals surface area contributed by atoms with E-state index in [1.165, 1.54) is 11.3 Å². The summed E-state index contributed by atoms with van der Waals surface area (Å²) < 4.78 is 0. The van der Waals surface area contributed by atoms with Gasteiger partial charge in [-0.05, 0) is 12.3 Å². The Morgan fingerprint density at radius 1 is 1.56 bits per heavy atom. The molecule has 18 heavy (non-hydrogen) atoms. The molecule has 1 aliphatic rings. The van der Waals surface area contributed by atoms with Crippen LogP contribution in [0.3, 0.4) is 0 Å². The van der Waals surface area contributed by atoms with Crippen LogP contribution in [-0.4, -0.2) is 34.3 Å². The molecule has 2 amide bonds. The van der Waals surface area contributed by atoms with Gasteiger partial charge in [0.25, 0.3) is 0 Å². The van der Waals surface area contributed by atoms with Gasteiger partial charge in [0, 0.05) is 11.1 Å². The molecule has 1 aliphatic heterocycles. The maximum atomic E-state index is 12.0. The molecular formula is C12H17N3O2S. The number of rotatable bonds is 4. The molecule has 0 aliphatic carbocycles. The highest BCUT2D eigenvalue weighted by Crippen LogP contribution is 2.19. The monoisotopic (exact) mass is 267 g/mol. The third-order valence-corrected chi connectivity index (χ3v) is 3.68. The van der Waals surface area contributed by atoms with E-state index in [-0.39, 0.29) is 24.4 Å². The lowest BCUT2D eigenvalue weighted by Gasteiger charge is -2.35. The van der Waals surface area contributed by atoms with Crippen molar-refractivity contribution in [3.05, 3.63) is 16.6 Å². The summed E-state index contributed by atoms with van der Waals surface area (Å²) in [6.07, 6.45) is 2.44. The second-order valence-electron chi connectivity index (χ2n) is 4.85. The molecule has 1 atom stereocenters. The molecule has 0 saturated carbocycles. The number of amides is 2. The molecule has 0 spiro atoms. The molecule has 1 N–H and O–H groups in total. The van der Waals surface area contributed by atoms with E-state index in [0.29, 0.717) is 18.9 Å². The van der Waals surface area contributed by atoms with E-state index < -0.39 is 0 Å². The molecule has 0 aromatic carbocycles. The molecule has 1 fully saturated rings. The zero-order valence-electron chi connectivity index (χ0n) is 10.5. The van der Waals surface area contributed by atoms with Gasteiger partial charge >= 0.3 is 0 Å². The number of aromatic nitrogens is 1. The SMILES string of the molecule is CC(C)CC1C(=O)NCC(=O)N1Cc1cncs1. The smallest absolute Gasteiger partial charge is 0.243 e. The third-order valence-electron chi connectivity index (χ3n) is 2.92. The van der Waals surface area contributed by atoms with Crippen molar-refractivity contribution in [2.45, 2.75) is 32.9 Å². The fraction of sp³-hybridized carbons (Fsp3) is 0.583. The highest BCUT2D eigenvalue weighted by atomic mass is 32.1. The Morgan fingerprint density at radius 3 is 2.94 bits per heavy atom. The molecule has 1 aromatic heterocycles. The fourth-order valence-corrected chi connectivity index (χ4v) is 2.66. The normalized spacial score (nSPS) is 20.4. The molecule has 6 heteroatoms. The highest BCUT2D eigenvalue weighted by molar-refractivity contribution is 7.09. The predicted molar refractivity (Wildman–Crippen MR) is 68.9 cm³/mol. The van der Waals surface area contributed by atoms with Crippen molar-refractivity contribution in [3.63, 3.8) is 0 Å². The minimum absolute atomic E-state index is 0.0198. The van der Waals surface area contributed by atoms with Gasteiger partial charge in [-0.15, -0.1) is 11.3 Å². The average Bonchev–Trinajstić information content (AvgIpc) is 2.80. The Morgan fingerprint density at radius 2 is 2.33 bits per heavy atom. The Kier molecular flexibility index (Phi) is 3.96. The van der Waals surface area contributed by atoms with Crippen LogP contribution in [-0.2, 0) is 16.1 Å². The number of piperazine rings is 1. The Labute approximate surface area is 110 Å². The molecular weight excluding hydrogens is 250 g/mol. The summed E-state index contributed by atoms with van der Waals surface area (Å²) >= 11 is 1.50. The summed E-state index contributed by atoms with van der Waals surface area (Å²) in [5.41, 5.74) is 1.74. The minimum atomic E-state index is -0.353. The largest absolute Gasteiger partial charge is 0.345 e. The van der Waals surface area contributed by atoms with Gasteiger partial charge in [-0.3, -0.25) is 14.6 Å². The Balaban J connectivity index is 2.15. The third kappa shape index (κ3) is 2.87. The Hall–Kier alpha value is -1.43. The lowest BCUT2D eigenvalue weighted by atomic mass is 10.00. The summed E-state index contributed by atoms with van der Waals surface area (Å²) in [6.45, 7) is 4.69. The molecule has 0 radical (unpaired) electrons. The second-order valence-corrected chi connectivity index (χ2v) is 5.82. The van der Waals surface area contributed by atoms with Crippen molar-refractivity contribution in [2.75, 3.05) is 6.54 Å². The zero-order valence-corrected chi connectivity index (χ0v) is 11.4. The van der Waals surface area contributed by atoms with Crippen molar-refractivity contribution >= 4 is 23.2 Å². The van der Waals surface area contributed by atoms with Crippen LogP contribution < -0.4 is 5.32 Å². The summed E-state index contributed by atoms with van der Waals surface area (Å²) in [5, 5.41) is 2.65. The molecule has 98 valence electrons. The summed E-state index contributed by atoms with van der Waals surface area (Å²) in [5.74, 6) is 0.303. The standard InChI is InChI=1S/C12H17N3O2S/c1-8(2)3-10-12(17)14-5-11(16)15(10)6-9-4-13-7-18-9/h4,7-8,10H,3,5-6H2,1-2H3,(H,14,17). The first-order valence-electron chi connectivity index (χ1n) is 6.02. The molecule has 1 saturated heterocycles. The van der Waals surface area contributed by atoms with Gasteiger partial charge < -0.3 is 10.2 Å². The summed E-state index contributed by atoms with van der Waals surface area (Å²) in [7, 11) is 0. The van der Waals surface area contributed by atoms with Crippen LogP contribution in [0.4, 0.5) is 0 Å². The number of thiazole rings is 1. The number of nitrogens with one attached hydrogen (secondary N) is 1. The van der Waals surface area contributed by atoms with Crippen LogP contribution in [0.5, 0.6) is 0 Å². The van der Waals surface area contributed by atoms with Gasteiger partial charge in [0.05, 0.1) is 18.6 Å². The van der Waals surface area contributed by atoms with Crippen molar-refractivity contribution < 1.29 is 9.59 Å². The van der Waals surface area contributed by atoms with E-state index in [4.69, 9.17) is 0 Å². The lowest BCUT2D eigenvalue weighted by Crippen LogP contribution is -2.58. The van der Waals surface area contributed by atoms with Crippen LogP contribution >= 0.6 is 11.3 Å². The molecule has 5 nitrogen and oxygen atoms in total. The van der Waals surface area contributed by atoms with Crippen molar-refractivity contribution in [1.82, 2.24) is 15.2 Å². The van der Waals surface area contributed by atoms with Gasteiger partial charge in [-0.1, -0.05) is 13.8 Å². The van der Waals surface area contributed by atoms with E-state index in [0.717, 1.165) is 4.88 Å². The molecule has 1 unspecified atom stereocenters. The number of carbonyl (C=O) groups excluding carboxylic acids is 2. The highest BCUT2D eigenvalue weighted by Gasteiger charge is 2.34. The van der Waals surface area contributed by atoms with Crippen molar-refractivity contribution in [3.8, 4) is 0 Å². The maximum Gasteiger partial charge on any atom is 0.243 e. The quantitative estimate of drug-likeness (QED) is 0.886. The Bertz CT molecular complexity index is 431. The maximum absolute atomic E-state index is 12.0. The van der Waals surface area contributed by atoms with Crippen LogP contribution in [0, 0.1) is 5.92 Å². The molecule has 2 heterocycles. The first-order chi connectivity index (χ1) is 8.58. The number of hydrogen-bond acceptors (Lipinski definition) is 4. The van der Waals surface area contributed by atoms with E-state index >= 15 is 0 Å². The first kappa shape index (κ1) is 13.0. The number of nitrogens with zero attached hydrogens (tertiary/aromatic N) is 2. The van der Waals surface area contributed by atoms with E-state index in [2.05, 4.69) is 24.1 Å². The van der Waals surface area contributed by atoms with Crippen LogP contribution in [0.15, 0.2) is 11.7 Å². The number of carbonyl (C=O) groups is 2. The second kappa shape index (κ2) is 5.48. The van der Waals surface area contributed by atoms with Crippen molar-refractivity contribution in [2.24, 2.45) is 5.92 Å².